The third-order valence-electron chi connectivity index (χ3n) is 3.27. The normalized spacial score (nSPS) is 13.3. The zero-order chi connectivity index (χ0) is 16.1. The Kier molecular flexibility index (Phi) is 11.1. The molecule has 0 aliphatic rings. The molecule has 0 radical (unpaired) electrons. The zero-order valence-electron chi connectivity index (χ0n) is 14.1. The Morgan fingerprint density at radius 3 is 2.24 bits per heavy atom. The maximum Gasteiger partial charge on any atom is 0.317 e. The average Bonchev–Trinajstić information content (AvgIpc) is 2.47. The van der Waals surface area contributed by atoms with Crippen LogP contribution in [0.15, 0.2) is 36.0 Å². The maximum absolute atomic E-state index is 11.2. The summed E-state index contributed by atoms with van der Waals surface area (Å²) in [5.74, 6) is -0.162. The van der Waals surface area contributed by atoms with Gasteiger partial charge in [0.05, 0.1) is 16.8 Å². The van der Waals surface area contributed by atoms with Crippen LogP contribution in [0.5, 0.6) is 0 Å². The predicted molar refractivity (Wildman–Crippen MR) is 94.2 cm³/mol. The van der Waals surface area contributed by atoms with E-state index >= 15 is 0 Å². The number of hydrogen-bond acceptors (Lipinski definition) is 3. The summed E-state index contributed by atoms with van der Waals surface area (Å²) in [6.45, 7) is 10.1. The molecule has 0 amide bonds. The first-order valence-corrected chi connectivity index (χ1v) is 8.50. The van der Waals surface area contributed by atoms with Gasteiger partial charge >= 0.3 is 5.97 Å². The molecule has 0 fully saturated rings. The minimum absolute atomic E-state index is 0.162. The minimum Gasteiger partial charge on any atom is -0.390 e. The predicted octanol–water partition coefficient (Wildman–Crippen LogP) is 6.01. The lowest BCUT2D eigenvalue weighted by Crippen LogP contribution is -2.18. The summed E-state index contributed by atoms with van der Waals surface area (Å²) in [7, 11) is 0. The van der Waals surface area contributed by atoms with Crippen molar-refractivity contribution in [3.05, 3.63) is 36.0 Å². The van der Waals surface area contributed by atoms with Gasteiger partial charge in [0, 0.05) is 6.42 Å². The first-order chi connectivity index (χ1) is 9.94. The van der Waals surface area contributed by atoms with Crippen LogP contribution >= 0.6 is 12.0 Å². The van der Waals surface area contributed by atoms with Gasteiger partial charge in [0.2, 0.25) is 0 Å². The summed E-state index contributed by atoms with van der Waals surface area (Å²) in [6, 6.07) is 0. The molecule has 120 valence electrons. The molecule has 0 saturated heterocycles. The van der Waals surface area contributed by atoms with E-state index in [1.165, 1.54) is 17.6 Å². The molecule has 0 aliphatic carbocycles. The van der Waals surface area contributed by atoms with Gasteiger partial charge in [-0.15, -0.1) is 0 Å². The lowest BCUT2D eigenvalue weighted by molar-refractivity contribution is -0.132. The Hall–Kier alpha value is -0.960. The van der Waals surface area contributed by atoms with Gasteiger partial charge in [0.15, 0.2) is 0 Å². The van der Waals surface area contributed by atoms with Gasteiger partial charge in [-0.05, 0) is 53.4 Å². The van der Waals surface area contributed by atoms with Crippen LogP contribution in [0.3, 0.4) is 0 Å². The zero-order valence-corrected chi connectivity index (χ0v) is 15.0. The first kappa shape index (κ1) is 20.0. The van der Waals surface area contributed by atoms with Gasteiger partial charge in [0.25, 0.3) is 0 Å². The Morgan fingerprint density at radius 1 is 1.10 bits per heavy atom. The summed E-state index contributed by atoms with van der Waals surface area (Å²) in [6.07, 6.45) is 15.7. The summed E-state index contributed by atoms with van der Waals surface area (Å²) in [4.78, 5) is 11.2. The van der Waals surface area contributed by atoms with Crippen molar-refractivity contribution in [3.8, 4) is 0 Å². The highest BCUT2D eigenvalue weighted by atomic mass is 32.2. The number of hydrogen-bond donors (Lipinski definition) is 0. The van der Waals surface area contributed by atoms with Crippen LogP contribution in [-0.2, 0) is 8.98 Å². The number of allylic oxidation sites excluding steroid dienone is 5. The Labute approximate surface area is 134 Å². The molecule has 0 atom stereocenters. The van der Waals surface area contributed by atoms with Crippen molar-refractivity contribution in [1.29, 1.82) is 0 Å². The standard InChI is InChI=1S/C18H30O2S/c1-6-8-9-10-11-12-13-14-15-16(3)18(4,5)21-20-17(19)7-2/h6,8,11-12,15H,7,9-10,13-14H2,1-5H3. The fourth-order valence-corrected chi connectivity index (χ4v) is 2.15. The Balaban J connectivity index is 4.06. The van der Waals surface area contributed by atoms with Crippen molar-refractivity contribution in [2.45, 2.75) is 71.5 Å². The molecule has 0 heterocycles. The van der Waals surface area contributed by atoms with E-state index in [2.05, 4.69) is 58.1 Å². The van der Waals surface area contributed by atoms with Gasteiger partial charge < -0.3 is 4.18 Å². The van der Waals surface area contributed by atoms with E-state index in [4.69, 9.17) is 4.18 Å². The lowest BCUT2D eigenvalue weighted by Gasteiger charge is -2.23. The minimum atomic E-state index is -0.166. The van der Waals surface area contributed by atoms with Crippen molar-refractivity contribution in [2.24, 2.45) is 0 Å². The van der Waals surface area contributed by atoms with Crippen LogP contribution in [0.2, 0.25) is 0 Å². The highest BCUT2D eigenvalue weighted by molar-refractivity contribution is 7.96. The second kappa shape index (κ2) is 11.7. The molecular formula is C18H30O2S. The molecule has 0 rings (SSSR count). The summed E-state index contributed by atoms with van der Waals surface area (Å²) < 4.78 is 5.01. The highest BCUT2D eigenvalue weighted by Crippen LogP contribution is 2.33. The smallest absolute Gasteiger partial charge is 0.317 e. The second-order valence-corrected chi connectivity index (χ2v) is 6.84. The summed E-state index contributed by atoms with van der Waals surface area (Å²) in [5.41, 5.74) is 1.25. The summed E-state index contributed by atoms with van der Waals surface area (Å²) in [5, 5.41) is 0. The lowest BCUT2D eigenvalue weighted by atomic mass is 10.0. The van der Waals surface area contributed by atoms with Gasteiger partial charge in [0.1, 0.15) is 0 Å². The van der Waals surface area contributed by atoms with E-state index in [1.54, 1.807) is 6.92 Å². The second-order valence-electron chi connectivity index (χ2n) is 5.48. The first-order valence-electron chi connectivity index (χ1n) is 7.76. The van der Waals surface area contributed by atoms with E-state index in [-0.39, 0.29) is 10.7 Å². The molecular weight excluding hydrogens is 280 g/mol. The van der Waals surface area contributed by atoms with Crippen molar-refractivity contribution in [3.63, 3.8) is 0 Å². The van der Waals surface area contributed by atoms with Gasteiger partial charge in [-0.1, -0.05) is 42.9 Å². The van der Waals surface area contributed by atoms with Gasteiger partial charge in [-0.25, -0.2) is 0 Å². The molecule has 0 bridgehead atoms. The van der Waals surface area contributed by atoms with Crippen LogP contribution < -0.4 is 0 Å². The molecule has 3 heteroatoms. The average molecular weight is 311 g/mol. The van der Waals surface area contributed by atoms with Crippen molar-refractivity contribution < 1.29 is 8.98 Å². The molecule has 0 saturated carbocycles. The maximum atomic E-state index is 11.2. The number of unbranched alkanes of at least 4 members (excludes halogenated alkanes) is 2. The van der Waals surface area contributed by atoms with Gasteiger partial charge in [-0.2, -0.15) is 0 Å². The molecule has 0 aliphatic heterocycles. The summed E-state index contributed by atoms with van der Waals surface area (Å²) >= 11 is 1.25. The number of carbonyl (C=O) groups excluding carboxylic acids is 1. The fourth-order valence-electron chi connectivity index (χ4n) is 1.51. The van der Waals surface area contributed by atoms with E-state index in [9.17, 15) is 4.79 Å². The van der Waals surface area contributed by atoms with Crippen LogP contribution in [0.25, 0.3) is 0 Å². The van der Waals surface area contributed by atoms with Crippen molar-refractivity contribution >= 4 is 18.0 Å². The molecule has 0 unspecified atom stereocenters. The van der Waals surface area contributed by atoms with Crippen molar-refractivity contribution in [1.82, 2.24) is 0 Å². The monoisotopic (exact) mass is 310 g/mol. The third-order valence-corrected chi connectivity index (χ3v) is 4.28. The quantitative estimate of drug-likeness (QED) is 0.281. The van der Waals surface area contributed by atoms with Crippen LogP contribution in [0.1, 0.15) is 66.7 Å². The van der Waals surface area contributed by atoms with Crippen LogP contribution in [0.4, 0.5) is 0 Å². The van der Waals surface area contributed by atoms with E-state index in [1.807, 2.05) is 0 Å². The topological polar surface area (TPSA) is 26.3 Å². The third kappa shape index (κ3) is 10.4. The van der Waals surface area contributed by atoms with Crippen molar-refractivity contribution in [2.75, 3.05) is 0 Å². The molecule has 21 heavy (non-hydrogen) atoms. The fraction of sp³-hybridized carbons (Fsp3) is 0.611. The number of rotatable bonds is 10. The van der Waals surface area contributed by atoms with E-state index in [0.717, 1.165) is 25.7 Å². The highest BCUT2D eigenvalue weighted by Gasteiger charge is 2.23. The SMILES string of the molecule is CC=CCCC=CCCC=C(C)C(C)(C)SOC(=O)CC. The largest absolute Gasteiger partial charge is 0.390 e. The van der Waals surface area contributed by atoms with Crippen LogP contribution in [-0.4, -0.2) is 10.7 Å². The van der Waals surface area contributed by atoms with Crippen LogP contribution in [0, 0.1) is 0 Å². The number of carbonyl (C=O) groups is 1. The Morgan fingerprint density at radius 2 is 1.67 bits per heavy atom. The Bertz CT molecular complexity index is 379. The molecule has 0 aromatic rings. The van der Waals surface area contributed by atoms with Gasteiger partial charge in [-0.3, -0.25) is 4.79 Å². The van der Waals surface area contributed by atoms with E-state index < -0.39 is 0 Å². The van der Waals surface area contributed by atoms with E-state index in [0.29, 0.717) is 6.42 Å². The molecule has 0 aromatic heterocycles. The molecule has 0 aromatic carbocycles. The molecule has 0 N–H and O–H groups in total. The molecule has 2 nitrogen and oxygen atoms in total. The molecule has 0 spiro atoms.